The Labute approximate surface area is 119 Å². The Morgan fingerprint density at radius 1 is 1.16 bits per heavy atom. The van der Waals surface area contributed by atoms with Crippen molar-refractivity contribution in [1.82, 2.24) is 0 Å². The van der Waals surface area contributed by atoms with Crippen molar-refractivity contribution in [2.45, 2.75) is 46.0 Å². The summed E-state index contributed by atoms with van der Waals surface area (Å²) in [4.78, 5) is 2.38. The summed E-state index contributed by atoms with van der Waals surface area (Å²) >= 11 is 0. The smallest absolute Gasteiger partial charge is 0.0393 e. The van der Waals surface area contributed by atoms with E-state index in [1.54, 1.807) is 0 Å². The number of anilines is 1. The maximum atomic E-state index is 5.69. The molecule has 1 unspecified atom stereocenters. The highest BCUT2D eigenvalue weighted by Crippen LogP contribution is 2.20. The molecule has 1 aromatic rings. The standard InChI is InChI=1S/C17H30N2/c1-4-8-16(12-13-18)10-7-14-19(3)17-11-6-5-9-15(17)2/h5-6,9,11,16H,4,7-8,10,12-14,18H2,1-3H3. The molecule has 108 valence electrons. The van der Waals surface area contributed by atoms with Gasteiger partial charge in [0.1, 0.15) is 0 Å². The number of benzene rings is 1. The van der Waals surface area contributed by atoms with Gasteiger partial charge in [0.15, 0.2) is 0 Å². The third kappa shape index (κ3) is 5.65. The number of aryl methyl sites for hydroxylation is 1. The van der Waals surface area contributed by atoms with Crippen molar-refractivity contribution >= 4 is 5.69 Å². The van der Waals surface area contributed by atoms with Gasteiger partial charge in [-0.15, -0.1) is 0 Å². The van der Waals surface area contributed by atoms with Crippen LogP contribution >= 0.6 is 0 Å². The molecule has 0 aliphatic heterocycles. The molecule has 0 saturated heterocycles. The van der Waals surface area contributed by atoms with Gasteiger partial charge >= 0.3 is 0 Å². The molecule has 0 amide bonds. The van der Waals surface area contributed by atoms with E-state index in [0.717, 1.165) is 19.0 Å². The lowest BCUT2D eigenvalue weighted by Gasteiger charge is -2.23. The van der Waals surface area contributed by atoms with Crippen LogP contribution in [0.15, 0.2) is 24.3 Å². The van der Waals surface area contributed by atoms with Crippen LogP contribution in [0.5, 0.6) is 0 Å². The summed E-state index contributed by atoms with van der Waals surface area (Å²) in [5.41, 5.74) is 8.41. The maximum absolute atomic E-state index is 5.69. The SMILES string of the molecule is CCCC(CCN)CCCN(C)c1ccccc1C. The number of nitrogens with two attached hydrogens (primary N) is 1. The van der Waals surface area contributed by atoms with Gasteiger partial charge < -0.3 is 10.6 Å². The molecule has 0 spiro atoms. The number of rotatable bonds is 9. The van der Waals surface area contributed by atoms with Crippen molar-refractivity contribution in [1.29, 1.82) is 0 Å². The molecular formula is C17H30N2. The molecular weight excluding hydrogens is 232 g/mol. The number of para-hydroxylation sites is 1. The summed E-state index contributed by atoms with van der Waals surface area (Å²) < 4.78 is 0. The molecule has 0 aliphatic carbocycles. The average Bonchev–Trinajstić information content (AvgIpc) is 2.39. The Hall–Kier alpha value is -1.02. The van der Waals surface area contributed by atoms with Gasteiger partial charge in [0.25, 0.3) is 0 Å². The lowest BCUT2D eigenvalue weighted by Crippen LogP contribution is -2.20. The molecule has 2 heteroatoms. The van der Waals surface area contributed by atoms with Crippen LogP contribution in [-0.2, 0) is 0 Å². The van der Waals surface area contributed by atoms with Gasteiger partial charge in [0.2, 0.25) is 0 Å². The Morgan fingerprint density at radius 2 is 1.89 bits per heavy atom. The summed E-state index contributed by atoms with van der Waals surface area (Å²) in [6.07, 6.45) is 6.35. The molecule has 19 heavy (non-hydrogen) atoms. The van der Waals surface area contributed by atoms with E-state index in [0.29, 0.717) is 0 Å². The Kier molecular flexibility index (Phi) is 7.57. The fourth-order valence-electron chi connectivity index (χ4n) is 2.81. The molecule has 1 aromatic carbocycles. The zero-order valence-electron chi connectivity index (χ0n) is 12.9. The van der Waals surface area contributed by atoms with Gasteiger partial charge in [0.05, 0.1) is 0 Å². The number of hydrogen-bond acceptors (Lipinski definition) is 2. The summed E-state index contributed by atoms with van der Waals surface area (Å²) in [6.45, 7) is 6.41. The second-order valence-corrected chi connectivity index (χ2v) is 5.58. The van der Waals surface area contributed by atoms with Crippen LogP contribution in [0.25, 0.3) is 0 Å². The van der Waals surface area contributed by atoms with Crippen molar-refractivity contribution in [2.24, 2.45) is 11.7 Å². The fourth-order valence-corrected chi connectivity index (χ4v) is 2.81. The van der Waals surface area contributed by atoms with Crippen molar-refractivity contribution in [2.75, 3.05) is 25.0 Å². The second kappa shape index (κ2) is 8.98. The zero-order chi connectivity index (χ0) is 14.1. The van der Waals surface area contributed by atoms with Crippen LogP contribution in [-0.4, -0.2) is 20.1 Å². The normalized spacial score (nSPS) is 12.4. The zero-order valence-corrected chi connectivity index (χ0v) is 12.9. The first-order valence-electron chi connectivity index (χ1n) is 7.65. The van der Waals surface area contributed by atoms with E-state index in [1.165, 1.54) is 43.4 Å². The van der Waals surface area contributed by atoms with Crippen molar-refractivity contribution < 1.29 is 0 Å². The fraction of sp³-hybridized carbons (Fsp3) is 0.647. The minimum Gasteiger partial charge on any atom is -0.374 e. The predicted octanol–water partition coefficient (Wildman–Crippen LogP) is 3.98. The molecule has 1 rings (SSSR count). The van der Waals surface area contributed by atoms with Gasteiger partial charge in [0, 0.05) is 19.3 Å². The Bertz CT molecular complexity index is 343. The number of hydrogen-bond donors (Lipinski definition) is 1. The summed E-state index contributed by atoms with van der Waals surface area (Å²) in [7, 11) is 2.19. The van der Waals surface area contributed by atoms with Gasteiger partial charge in [-0.1, -0.05) is 38.0 Å². The molecule has 2 N–H and O–H groups in total. The lowest BCUT2D eigenvalue weighted by molar-refractivity contribution is 0.410. The van der Waals surface area contributed by atoms with Crippen LogP contribution in [0.3, 0.4) is 0 Å². The van der Waals surface area contributed by atoms with E-state index in [2.05, 4.69) is 50.1 Å². The number of nitrogens with zero attached hydrogens (tertiary/aromatic N) is 1. The highest BCUT2D eigenvalue weighted by atomic mass is 15.1. The minimum atomic E-state index is 0.820. The molecule has 0 heterocycles. The van der Waals surface area contributed by atoms with E-state index < -0.39 is 0 Å². The first kappa shape index (κ1) is 16.0. The quantitative estimate of drug-likeness (QED) is 0.729. The van der Waals surface area contributed by atoms with E-state index >= 15 is 0 Å². The lowest BCUT2D eigenvalue weighted by atomic mass is 9.94. The molecule has 0 aliphatic rings. The summed E-state index contributed by atoms with van der Waals surface area (Å²) in [5, 5.41) is 0. The van der Waals surface area contributed by atoms with Gasteiger partial charge in [-0.05, 0) is 50.3 Å². The van der Waals surface area contributed by atoms with Crippen molar-refractivity contribution in [3.63, 3.8) is 0 Å². The molecule has 0 radical (unpaired) electrons. The van der Waals surface area contributed by atoms with Crippen molar-refractivity contribution in [3.8, 4) is 0 Å². The van der Waals surface area contributed by atoms with E-state index in [-0.39, 0.29) is 0 Å². The molecule has 0 saturated carbocycles. The highest BCUT2D eigenvalue weighted by Gasteiger charge is 2.08. The molecule has 0 bridgehead atoms. The van der Waals surface area contributed by atoms with Crippen LogP contribution in [0.1, 0.15) is 44.6 Å². The highest BCUT2D eigenvalue weighted by molar-refractivity contribution is 5.52. The average molecular weight is 262 g/mol. The van der Waals surface area contributed by atoms with E-state index in [9.17, 15) is 0 Å². The Balaban J connectivity index is 2.37. The monoisotopic (exact) mass is 262 g/mol. The maximum Gasteiger partial charge on any atom is 0.0393 e. The van der Waals surface area contributed by atoms with Gasteiger partial charge in [-0.25, -0.2) is 0 Å². The molecule has 2 nitrogen and oxygen atoms in total. The topological polar surface area (TPSA) is 29.3 Å². The summed E-state index contributed by atoms with van der Waals surface area (Å²) in [6, 6.07) is 8.61. The van der Waals surface area contributed by atoms with Crippen LogP contribution in [0.2, 0.25) is 0 Å². The Morgan fingerprint density at radius 3 is 2.53 bits per heavy atom. The van der Waals surface area contributed by atoms with Crippen LogP contribution in [0.4, 0.5) is 5.69 Å². The third-order valence-corrected chi connectivity index (χ3v) is 3.90. The van der Waals surface area contributed by atoms with Crippen LogP contribution < -0.4 is 10.6 Å². The third-order valence-electron chi connectivity index (χ3n) is 3.90. The van der Waals surface area contributed by atoms with Gasteiger partial charge in [-0.2, -0.15) is 0 Å². The first-order chi connectivity index (χ1) is 9.19. The van der Waals surface area contributed by atoms with E-state index in [4.69, 9.17) is 5.73 Å². The van der Waals surface area contributed by atoms with Crippen molar-refractivity contribution in [3.05, 3.63) is 29.8 Å². The minimum absolute atomic E-state index is 0.820. The van der Waals surface area contributed by atoms with E-state index in [1.807, 2.05) is 0 Å². The van der Waals surface area contributed by atoms with Crippen LogP contribution in [0, 0.1) is 12.8 Å². The summed E-state index contributed by atoms with van der Waals surface area (Å²) in [5.74, 6) is 0.820. The molecule has 1 atom stereocenters. The molecule has 0 aromatic heterocycles. The largest absolute Gasteiger partial charge is 0.374 e. The predicted molar refractivity (Wildman–Crippen MR) is 85.8 cm³/mol. The second-order valence-electron chi connectivity index (χ2n) is 5.58. The first-order valence-corrected chi connectivity index (χ1v) is 7.65. The molecule has 0 fully saturated rings. The van der Waals surface area contributed by atoms with Gasteiger partial charge in [-0.3, -0.25) is 0 Å².